The van der Waals surface area contributed by atoms with Gasteiger partial charge in [0.2, 0.25) is 5.95 Å². The Balaban J connectivity index is 1.82. The molecule has 7 heteroatoms. The average Bonchev–Trinajstić information content (AvgIpc) is 2.67. The molecule has 0 saturated heterocycles. The second-order valence-corrected chi connectivity index (χ2v) is 7.59. The molecular weight excluding hydrogens is 344 g/mol. The highest BCUT2D eigenvalue weighted by atomic mass is 16.3. The van der Waals surface area contributed by atoms with E-state index in [1.807, 2.05) is 19.9 Å². The summed E-state index contributed by atoms with van der Waals surface area (Å²) in [7, 11) is 0. The summed E-state index contributed by atoms with van der Waals surface area (Å²) in [4.78, 5) is 21.7. The lowest BCUT2D eigenvalue weighted by Crippen LogP contribution is -2.41. The number of nitrogens with one attached hydrogen (secondary N) is 2. The van der Waals surface area contributed by atoms with Gasteiger partial charge in [0.25, 0.3) is 5.91 Å². The van der Waals surface area contributed by atoms with Gasteiger partial charge in [0.1, 0.15) is 0 Å². The summed E-state index contributed by atoms with van der Waals surface area (Å²) >= 11 is 0. The van der Waals surface area contributed by atoms with E-state index in [-0.39, 0.29) is 36.6 Å². The van der Waals surface area contributed by atoms with Crippen molar-refractivity contribution in [3.63, 3.8) is 0 Å². The Labute approximate surface area is 159 Å². The number of hydrogen-bond donors (Lipinski definition) is 4. The van der Waals surface area contributed by atoms with Crippen molar-refractivity contribution in [3.8, 4) is 0 Å². The molecule has 27 heavy (non-hydrogen) atoms. The predicted octanol–water partition coefficient (Wildman–Crippen LogP) is 2.09. The Morgan fingerprint density at radius 2 is 2.00 bits per heavy atom. The third-order valence-electron chi connectivity index (χ3n) is 5.20. The minimum absolute atomic E-state index is 0.108. The maximum atomic E-state index is 12.7. The number of benzene rings is 1. The van der Waals surface area contributed by atoms with Crippen LogP contribution in [-0.2, 0) is 0 Å². The molecular formula is C20H28N4O3. The van der Waals surface area contributed by atoms with Gasteiger partial charge in [0, 0.05) is 17.6 Å². The van der Waals surface area contributed by atoms with Crippen LogP contribution in [-0.4, -0.2) is 50.9 Å². The van der Waals surface area contributed by atoms with Crippen molar-refractivity contribution in [2.45, 2.75) is 57.7 Å². The fraction of sp³-hybridized carbons (Fsp3) is 0.550. The van der Waals surface area contributed by atoms with E-state index in [4.69, 9.17) is 0 Å². The minimum atomic E-state index is -0.305. The van der Waals surface area contributed by atoms with Crippen LogP contribution >= 0.6 is 0 Å². The van der Waals surface area contributed by atoms with Gasteiger partial charge >= 0.3 is 0 Å². The first-order valence-electron chi connectivity index (χ1n) is 9.60. The predicted molar refractivity (Wildman–Crippen MR) is 105 cm³/mol. The summed E-state index contributed by atoms with van der Waals surface area (Å²) in [6.07, 6.45) is 4.80. The number of nitrogens with zero attached hydrogens (tertiary/aromatic N) is 2. The van der Waals surface area contributed by atoms with Crippen molar-refractivity contribution in [2.24, 2.45) is 5.92 Å². The summed E-state index contributed by atoms with van der Waals surface area (Å²) in [6, 6.07) is 5.34. The van der Waals surface area contributed by atoms with Crippen LogP contribution < -0.4 is 10.6 Å². The van der Waals surface area contributed by atoms with Crippen LogP contribution in [0.25, 0.3) is 10.9 Å². The molecule has 1 aromatic heterocycles. The molecule has 146 valence electrons. The third-order valence-corrected chi connectivity index (χ3v) is 5.20. The average molecular weight is 372 g/mol. The van der Waals surface area contributed by atoms with E-state index in [9.17, 15) is 15.0 Å². The lowest BCUT2D eigenvalue weighted by Gasteiger charge is -2.26. The second-order valence-electron chi connectivity index (χ2n) is 7.59. The number of carbonyl (C=O) groups is 1. The van der Waals surface area contributed by atoms with E-state index in [1.165, 1.54) is 0 Å². The van der Waals surface area contributed by atoms with Crippen LogP contribution in [0.1, 0.15) is 49.9 Å². The molecule has 0 bridgehead atoms. The van der Waals surface area contributed by atoms with Gasteiger partial charge in [-0.25, -0.2) is 9.97 Å². The number of aliphatic hydroxyl groups excluding tert-OH is 2. The molecule has 1 aromatic carbocycles. The Bertz CT molecular complexity index is 788. The van der Waals surface area contributed by atoms with Crippen molar-refractivity contribution in [1.82, 2.24) is 15.3 Å². The Hall–Kier alpha value is -2.25. The molecule has 1 heterocycles. The Morgan fingerprint density at radius 1 is 1.26 bits per heavy atom. The van der Waals surface area contributed by atoms with Crippen LogP contribution in [0.4, 0.5) is 5.95 Å². The quantitative estimate of drug-likeness (QED) is 0.618. The molecule has 1 amide bonds. The second kappa shape index (κ2) is 8.63. The topological polar surface area (TPSA) is 107 Å². The van der Waals surface area contributed by atoms with Crippen LogP contribution in [0.5, 0.6) is 0 Å². The number of carbonyl (C=O) groups excluding carboxylic acids is 1. The number of para-hydroxylation sites is 1. The molecule has 0 aliphatic heterocycles. The Kier molecular flexibility index (Phi) is 6.23. The molecule has 1 fully saturated rings. The number of fused-ring (bicyclic) bond motifs is 1. The van der Waals surface area contributed by atoms with Gasteiger partial charge in [0.15, 0.2) is 0 Å². The lowest BCUT2D eigenvalue weighted by molar-refractivity contribution is 0.0898. The van der Waals surface area contributed by atoms with Crippen molar-refractivity contribution in [1.29, 1.82) is 0 Å². The summed E-state index contributed by atoms with van der Waals surface area (Å²) in [6.45, 7) is 3.80. The SMILES string of the molecule is CC(C)[C@@H](CO)NC(=O)c1cccc2cnc(NC3CCC(O)CC3)nc12. The number of hydrogen-bond acceptors (Lipinski definition) is 6. The van der Waals surface area contributed by atoms with E-state index in [0.29, 0.717) is 17.0 Å². The fourth-order valence-electron chi connectivity index (χ4n) is 3.38. The number of amides is 1. The van der Waals surface area contributed by atoms with Crippen molar-refractivity contribution in [3.05, 3.63) is 30.0 Å². The highest BCUT2D eigenvalue weighted by Gasteiger charge is 2.21. The molecule has 1 atom stereocenters. The molecule has 3 rings (SSSR count). The van der Waals surface area contributed by atoms with E-state index in [2.05, 4.69) is 20.6 Å². The van der Waals surface area contributed by atoms with Crippen molar-refractivity contribution >= 4 is 22.8 Å². The zero-order chi connectivity index (χ0) is 19.4. The summed E-state index contributed by atoms with van der Waals surface area (Å²) in [5, 5.41) is 26.1. The maximum absolute atomic E-state index is 12.7. The lowest BCUT2D eigenvalue weighted by atomic mass is 9.93. The maximum Gasteiger partial charge on any atom is 0.253 e. The molecule has 1 saturated carbocycles. The first-order valence-corrected chi connectivity index (χ1v) is 9.60. The van der Waals surface area contributed by atoms with Crippen LogP contribution in [0.3, 0.4) is 0 Å². The van der Waals surface area contributed by atoms with Crippen LogP contribution in [0.15, 0.2) is 24.4 Å². The van der Waals surface area contributed by atoms with E-state index in [1.54, 1.807) is 18.3 Å². The zero-order valence-electron chi connectivity index (χ0n) is 15.9. The van der Waals surface area contributed by atoms with E-state index < -0.39 is 0 Å². The summed E-state index contributed by atoms with van der Waals surface area (Å²) in [5.41, 5.74) is 1.06. The molecule has 0 spiro atoms. The Morgan fingerprint density at radius 3 is 2.67 bits per heavy atom. The molecule has 1 aliphatic rings. The molecule has 2 aromatic rings. The highest BCUT2D eigenvalue weighted by Crippen LogP contribution is 2.23. The number of aliphatic hydroxyl groups is 2. The number of anilines is 1. The standard InChI is InChI=1S/C20H28N4O3/c1-12(2)17(11-25)23-19(27)16-5-3-4-13-10-21-20(24-18(13)16)22-14-6-8-15(26)9-7-14/h3-5,10,12,14-15,17,25-26H,6-9,11H2,1-2H3,(H,23,27)(H,21,22,24)/t14?,15?,17-/m1/s1. The van der Waals surface area contributed by atoms with E-state index in [0.717, 1.165) is 31.1 Å². The summed E-state index contributed by atoms with van der Waals surface area (Å²) in [5.74, 6) is 0.368. The van der Waals surface area contributed by atoms with Gasteiger partial charge < -0.3 is 20.8 Å². The fourth-order valence-corrected chi connectivity index (χ4v) is 3.38. The monoisotopic (exact) mass is 372 g/mol. The van der Waals surface area contributed by atoms with Gasteiger partial charge in [-0.3, -0.25) is 4.79 Å². The molecule has 7 nitrogen and oxygen atoms in total. The summed E-state index contributed by atoms with van der Waals surface area (Å²) < 4.78 is 0. The molecule has 0 radical (unpaired) electrons. The third kappa shape index (κ3) is 4.73. The van der Waals surface area contributed by atoms with Crippen molar-refractivity contribution in [2.75, 3.05) is 11.9 Å². The minimum Gasteiger partial charge on any atom is -0.394 e. The first-order chi connectivity index (χ1) is 13.0. The first kappa shape index (κ1) is 19.5. The van der Waals surface area contributed by atoms with Gasteiger partial charge in [-0.15, -0.1) is 0 Å². The van der Waals surface area contributed by atoms with Gasteiger partial charge in [0.05, 0.1) is 29.8 Å². The smallest absolute Gasteiger partial charge is 0.253 e. The molecule has 0 unspecified atom stereocenters. The number of rotatable bonds is 6. The normalized spacial score (nSPS) is 21.2. The van der Waals surface area contributed by atoms with Crippen molar-refractivity contribution < 1.29 is 15.0 Å². The van der Waals surface area contributed by atoms with Gasteiger partial charge in [-0.05, 0) is 37.7 Å². The van der Waals surface area contributed by atoms with Gasteiger partial charge in [-0.2, -0.15) is 0 Å². The number of aromatic nitrogens is 2. The highest BCUT2D eigenvalue weighted by molar-refractivity contribution is 6.05. The van der Waals surface area contributed by atoms with Crippen LogP contribution in [0.2, 0.25) is 0 Å². The van der Waals surface area contributed by atoms with Gasteiger partial charge in [-0.1, -0.05) is 26.0 Å². The van der Waals surface area contributed by atoms with E-state index >= 15 is 0 Å². The largest absolute Gasteiger partial charge is 0.394 e. The molecule has 1 aliphatic carbocycles. The molecule has 4 N–H and O–H groups in total. The zero-order valence-corrected chi connectivity index (χ0v) is 15.9. The van der Waals surface area contributed by atoms with Crippen LogP contribution in [0, 0.1) is 5.92 Å².